The molecule has 6 nitrogen and oxygen atoms in total. The van der Waals surface area contributed by atoms with Crippen molar-refractivity contribution in [2.45, 2.75) is 33.6 Å². The first kappa shape index (κ1) is 18.2. The van der Waals surface area contributed by atoms with Gasteiger partial charge in [-0.05, 0) is 74.6 Å². The molecule has 0 aliphatic carbocycles. The maximum atomic E-state index is 4.68. The van der Waals surface area contributed by atoms with Gasteiger partial charge < -0.3 is 15.5 Å². The molecule has 144 valence electrons. The Balaban J connectivity index is 1.67. The summed E-state index contributed by atoms with van der Waals surface area (Å²) in [4.78, 5) is 16.2. The second-order valence-corrected chi connectivity index (χ2v) is 7.47. The van der Waals surface area contributed by atoms with Crippen LogP contribution in [0.3, 0.4) is 0 Å². The number of benzene rings is 2. The number of hydrogen-bond acceptors (Lipinski definition) is 6. The maximum absolute atomic E-state index is 4.68. The second kappa shape index (κ2) is 7.84. The van der Waals surface area contributed by atoms with Crippen molar-refractivity contribution >= 4 is 29.2 Å². The monoisotopic (exact) mass is 374 g/mol. The van der Waals surface area contributed by atoms with Gasteiger partial charge in [-0.25, -0.2) is 0 Å². The second-order valence-electron chi connectivity index (χ2n) is 7.47. The van der Waals surface area contributed by atoms with E-state index in [-0.39, 0.29) is 0 Å². The molecule has 0 spiro atoms. The van der Waals surface area contributed by atoms with E-state index in [1.54, 1.807) is 0 Å². The molecule has 28 heavy (non-hydrogen) atoms. The first-order valence-corrected chi connectivity index (χ1v) is 9.75. The Morgan fingerprint density at radius 3 is 1.96 bits per heavy atom. The van der Waals surface area contributed by atoms with Gasteiger partial charge in [0.15, 0.2) is 0 Å². The summed E-state index contributed by atoms with van der Waals surface area (Å²) in [6.45, 7) is 8.22. The first-order chi connectivity index (χ1) is 13.5. The molecule has 1 saturated heterocycles. The van der Waals surface area contributed by atoms with E-state index in [4.69, 9.17) is 0 Å². The summed E-state index contributed by atoms with van der Waals surface area (Å²) in [7, 11) is 0. The van der Waals surface area contributed by atoms with Crippen molar-refractivity contribution < 1.29 is 0 Å². The molecule has 1 aromatic heterocycles. The van der Waals surface area contributed by atoms with Gasteiger partial charge in [-0.1, -0.05) is 18.2 Å². The third kappa shape index (κ3) is 4.39. The van der Waals surface area contributed by atoms with Crippen LogP contribution in [0.2, 0.25) is 0 Å². The molecule has 4 rings (SSSR count). The molecule has 1 aliphatic heterocycles. The topological polar surface area (TPSA) is 66.0 Å². The summed E-state index contributed by atoms with van der Waals surface area (Å²) in [6.07, 6.45) is 2.35. The van der Waals surface area contributed by atoms with E-state index < -0.39 is 0 Å². The minimum Gasteiger partial charge on any atom is -0.341 e. The Labute approximate surface area is 166 Å². The van der Waals surface area contributed by atoms with Crippen LogP contribution in [0.5, 0.6) is 0 Å². The van der Waals surface area contributed by atoms with Crippen LogP contribution in [-0.4, -0.2) is 28.0 Å². The van der Waals surface area contributed by atoms with Gasteiger partial charge in [0.2, 0.25) is 17.8 Å². The van der Waals surface area contributed by atoms with E-state index in [0.717, 1.165) is 30.4 Å². The molecule has 0 atom stereocenters. The summed E-state index contributed by atoms with van der Waals surface area (Å²) in [5.41, 5.74) is 5.55. The Kier molecular flexibility index (Phi) is 5.10. The zero-order valence-electron chi connectivity index (χ0n) is 16.7. The number of aromatic nitrogens is 3. The lowest BCUT2D eigenvalue weighted by atomic mass is 10.1. The predicted octanol–water partition coefficient (Wildman–Crippen LogP) is 4.88. The van der Waals surface area contributed by atoms with E-state index >= 15 is 0 Å². The SMILES string of the molecule is Cc1cccc(Nc2nc(Nc3cc(C)cc(C)c3)nc(N3CCCC3)n2)c1. The van der Waals surface area contributed by atoms with E-state index in [2.05, 4.69) is 81.6 Å². The smallest absolute Gasteiger partial charge is 0.233 e. The van der Waals surface area contributed by atoms with Crippen molar-refractivity contribution in [2.75, 3.05) is 28.6 Å². The van der Waals surface area contributed by atoms with Crippen LogP contribution in [0.4, 0.5) is 29.2 Å². The zero-order chi connectivity index (χ0) is 19.5. The molecule has 1 fully saturated rings. The molecule has 2 heterocycles. The van der Waals surface area contributed by atoms with Crippen LogP contribution in [0.25, 0.3) is 0 Å². The quantitative estimate of drug-likeness (QED) is 0.663. The molecule has 0 unspecified atom stereocenters. The van der Waals surface area contributed by atoms with Crippen molar-refractivity contribution in [3.8, 4) is 0 Å². The fourth-order valence-corrected chi connectivity index (χ4v) is 3.56. The Hall–Kier alpha value is -3.15. The van der Waals surface area contributed by atoms with Gasteiger partial charge in [0.25, 0.3) is 0 Å². The minimum atomic E-state index is 0.550. The molecule has 2 aromatic carbocycles. The average Bonchev–Trinajstić information content (AvgIpc) is 3.15. The van der Waals surface area contributed by atoms with Gasteiger partial charge in [-0.2, -0.15) is 15.0 Å². The highest BCUT2D eigenvalue weighted by Crippen LogP contribution is 2.23. The fraction of sp³-hybridized carbons (Fsp3) is 0.318. The van der Waals surface area contributed by atoms with Crippen molar-refractivity contribution in [1.29, 1.82) is 0 Å². The van der Waals surface area contributed by atoms with Gasteiger partial charge in [-0.15, -0.1) is 0 Å². The Bertz CT molecular complexity index is 958. The highest BCUT2D eigenvalue weighted by atomic mass is 15.3. The summed E-state index contributed by atoms with van der Waals surface area (Å²) in [6, 6.07) is 14.5. The standard InChI is InChI=1S/C22H26N6/c1-15-7-6-8-18(12-15)23-20-25-21(24-19-13-16(2)11-17(3)14-19)27-22(26-20)28-9-4-5-10-28/h6-8,11-14H,4-5,9-10H2,1-3H3,(H2,23,24,25,26,27). The molecule has 6 heteroatoms. The highest BCUT2D eigenvalue weighted by Gasteiger charge is 2.18. The third-order valence-electron chi connectivity index (χ3n) is 4.76. The minimum absolute atomic E-state index is 0.550. The van der Waals surface area contributed by atoms with Gasteiger partial charge >= 0.3 is 0 Å². The van der Waals surface area contributed by atoms with Crippen molar-refractivity contribution in [2.24, 2.45) is 0 Å². The first-order valence-electron chi connectivity index (χ1n) is 9.75. The Morgan fingerprint density at radius 2 is 1.32 bits per heavy atom. The number of anilines is 5. The van der Waals surface area contributed by atoms with Crippen LogP contribution in [0.15, 0.2) is 42.5 Å². The van der Waals surface area contributed by atoms with Crippen molar-refractivity contribution in [1.82, 2.24) is 15.0 Å². The predicted molar refractivity (Wildman–Crippen MR) is 115 cm³/mol. The molecule has 0 radical (unpaired) electrons. The van der Waals surface area contributed by atoms with Crippen LogP contribution >= 0.6 is 0 Å². The van der Waals surface area contributed by atoms with E-state index in [9.17, 15) is 0 Å². The Morgan fingerprint density at radius 1 is 0.714 bits per heavy atom. The normalized spacial score (nSPS) is 13.6. The third-order valence-corrected chi connectivity index (χ3v) is 4.76. The average molecular weight is 374 g/mol. The number of nitrogens with one attached hydrogen (secondary N) is 2. The lowest BCUT2D eigenvalue weighted by Crippen LogP contribution is -2.21. The molecule has 3 aromatic rings. The van der Waals surface area contributed by atoms with Gasteiger partial charge in [0.1, 0.15) is 0 Å². The van der Waals surface area contributed by atoms with Crippen molar-refractivity contribution in [3.05, 3.63) is 59.2 Å². The molecular formula is C22H26N6. The van der Waals surface area contributed by atoms with Crippen LogP contribution < -0.4 is 15.5 Å². The molecule has 0 saturated carbocycles. The molecule has 0 amide bonds. The van der Waals surface area contributed by atoms with Crippen LogP contribution in [0, 0.1) is 20.8 Å². The number of hydrogen-bond donors (Lipinski definition) is 2. The molecular weight excluding hydrogens is 348 g/mol. The zero-order valence-corrected chi connectivity index (χ0v) is 16.7. The van der Waals surface area contributed by atoms with E-state index in [0.29, 0.717) is 11.9 Å². The largest absolute Gasteiger partial charge is 0.341 e. The van der Waals surface area contributed by atoms with E-state index in [1.807, 2.05) is 12.1 Å². The van der Waals surface area contributed by atoms with Crippen LogP contribution in [0.1, 0.15) is 29.5 Å². The molecule has 2 N–H and O–H groups in total. The summed E-state index contributed by atoms with van der Waals surface area (Å²) < 4.78 is 0. The van der Waals surface area contributed by atoms with Gasteiger partial charge in [-0.3, -0.25) is 0 Å². The number of nitrogens with zero attached hydrogens (tertiary/aromatic N) is 4. The lowest BCUT2D eigenvalue weighted by Gasteiger charge is -2.17. The summed E-state index contributed by atoms with van der Waals surface area (Å²) in [5.74, 6) is 1.82. The van der Waals surface area contributed by atoms with E-state index in [1.165, 1.54) is 29.5 Å². The number of aryl methyl sites for hydroxylation is 3. The van der Waals surface area contributed by atoms with Gasteiger partial charge in [0.05, 0.1) is 0 Å². The van der Waals surface area contributed by atoms with Crippen molar-refractivity contribution in [3.63, 3.8) is 0 Å². The van der Waals surface area contributed by atoms with Crippen LogP contribution in [-0.2, 0) is 0 Å². The highest BCUT2D eigenvalue weighted by molar-refractivity contribution is 5.61. The fourth-order valence-electron chi connectivity index (χ4n) is 3.56. The molecule has 1 aliphatic rings. The molecule has 0 bridgehead atoms. The number of rotatable bonds is 5. The summed E-state index contributed by atoms with van der Waals surface area (Å²) >= 11 is 0. The summed E-state index contributed by atoms with van der Waals surface area (Å²) in [5, 5.41) is 6.69. The van der Waals surface area contributed by atoms with Gasteiger partial charge in [0, 0.05) is 24.5 Å². The maximum Gasteiger partial charge on any atom is 0.233 e. The lowest BCUT2D eigenvalue weighted by molar-refractivity contribution is 0.886.